The van der Waals surface area contributed by atoms with E-state index in [1.165, 1.54) is 10.4 Å². The number of aliphatic imine (C=N–C) groups is 1. The van der Waals surface area contributed by atoms with Crippen LogP contribution in [-0.2, 0) is 13.1 Å². The molecule has 2 rings (SSSR count). The molecule has 0 aliphatic carbocycles. The maximum atomic E-state index is 4.35. The number of nitrogens with zero attached hydrogens (tertiary/aromatic N) is 3. The highest BCUT2D eigenvalue weighted by Gasteiger charge is 2.07. The van der Waals surface area contributed by atoms with E-state index in [1.54, 1.807) is 18.4 Å². The van der Waals surface area contributed by atoms with E-state index in [0.29, 0.717) is 6.54 Å². The zero-order valence-corrected chi connectivity index (χ0v) is 14.8. The third-order valence-corrected chi connectivity index (χ3v) is 4.41. The summed E-state index contributed by atoms with van der Waals surface area (Å²) in [5.74, 6) is 0.866. The maximum Gasteiger partial charge on any atom is 0.194 e. The minimum absolute atomic E-state index is 0.704. The number of aromatic nitrogens is 1. The van der Waals surface area contributed by atoms with E-state index < -0.39 is 0 Å². The van der Waals surface area contributed by atoms with Gasteiger partial charge in [0.15, 0.2) is 5.96 Å². The average Bonchev–Trinajstić information content (AvgIpc) is 2.88. The molecule has 112 valence electrons. The van der Waals surface area contributed by atoms with Gasteiger partial charge in [-0.15, -0.1) is 11.3 Å². The molecular formula is C15H19BrN4S. The quantitative estimate of drug-likeness (QED) is 0.665. The number of guanidine groups is 1. The van der Waals surface area contributed by atoms with Crippen molar-refractivity contribution < 1.29 is 0 Å². The van der Waals surface area contributed by atoms with Gasteiger partial charge in [0.2, 0.25) is 0 Å². The van der Waals surface area contributed by atoms with E-state index in [1.807, 2.05) is 13.2 Å². The van der Waals surface area contributed by atoms with Gasteiger partial charge in [-0.1, -0.05) is 28.1 Å². The lowest BCUT2D eigenvalue weighted by molar-refractivity contribution is 0.476. The molecule has 0 bridgehead atoms. The van der Waals surface area contributed by atoms with Gasteiger partial charge in [-0.05, 0) is 24.6 Å². The Bertz CT molecular complexity index is 606. The fourth-order valence-corrected chi connectivity index (χ4v) is 2.95. The van der Waals surface area contributed by atoms with E-state index in [2.05, 4.69) is 67.3 Å². The van der Waals surface area contributed by atoms with Crippen LogP contribution in [0.15, 0.2) is 39.9 Å². The first kappa shape index (κ1) is 16.0. The van der Waals surface area contributed by atoms with Gasteiger partial charge in [-0.2, -0.15) is 0 Å². The lowest BCUT2D eigenvalue weighted by Crippen LogP contribution is -2.38. The molecule has 21 heavy (non-hydrogen) atoms. The lowest BCUT2D eigenvalue weighted by Gasteiger charge is -2.21. The monoisotopic (exact) mass is 366 g/mol. The predicted octanol–water partition coefficient (Wildman–Crippen LogP) is 3.42. The summed E-state index contributed by atoms with van der Waals surface area (Å²) in [7, 11) is 3.83. The van der Waals surface area contributed by atoms with Crippen molar-refractivity contribution in [3.63, 3.8) is 0 Å². The molecule has 6 heteroatoms. The fraction of sp³-hybridized carbons (Fsp3) is 0.333. The molecule has 0 saturated heterocycles. The first-order chi connectivity index (χ1) is 10.1. The van der Waals surface area contributed by atoms with Crippen LogP contribution < -0.4 is 5.32 Å². The Kier molecular flexibility index (Phi) is 5.76. The van der Waals surface area contributed by atoms with E-state index in [4.69, 9.17) is 0 Å². The molecule has 0 fully saturated rings. The number of halogens is 1. The van der Waals surface area contributed by atoms with Gasteiger partial charge in [-0.3, -0.25) is 4.99 Å². The average molecular weight is 367 g/mol. The van der Waals surface area contributed by atoms with E-state index >= 15 is 0 Å². The second-order valence-electron chi connectivity index (χ2n) is 4.75. The summed E-state index contributed by atoms with van der Waals surface area (Å²) in [6.45, 7) is 3.58. The SMILES string of the molecule is CN=C(NCc1ncc(C)s1)N(C)Cc1ccc(Br)cc1. The van der Waals surface area contributed by atoms with E-state index in [0.717, 1.165) is 22.0 Å². The highest BCUT2D eigenvalue weighted by molar-refractivity contribution is 9.10. The minimum atomic E-state index is 0.704. The molecule has 1 N–H and O–H groups in total. The topological polar surface area (TPSA) is 40.5 Å². The highest BCUT2D eigenvalue weighted by atomic mass is 79.9. The Morgan fingerprint density at radius 1 is 1.38 bits per heavy atom. The molecule has 0 saturated carbocycles. The van der Waals surface area contributed by atoms with Crippen LogP contribution in [0.2, 0.25) is 0 Å². The van der Waals surface area contributed by atoms with Gasteiger partial charge in [0.25, 0.3) is 0 Å². The number of aryl methyl sites for hydroxylation is 1. The Morgan fingerprint density at radius 2 is 2.10 bits per heavy atom. The second kappa shape index (κ2) is 7.56. The van der Waals surface area contributed by atoms with Crippen LogP contribution in [0.3, 0.4) is 0 Å². The number of nitrogens with one attached hydrogen (secondary N) is 1. The van der Waals surface area contributed by atoms with Crippen LogP contribution in [0.25, 0.3) is 0 Å². The molecule has 0 aliphatic heterocycles. The number of benzene rings is 1. The zero-order valence-electron chi connectivity index (χ0n) is 12.4. The van der Waals surface area contributed by atoms with Gasteiger partial charge in [0, 0.05) is 36.2 Å². The minimum Gasteiger partial charge on any atom is -0.350 e. The van der Waals surface area contributed by atoms with Crippen molar-refractivity contribution in [3.05, 3.63) is 50.4 Å². The van der Waals surface area contributed by atoms with Gasteiger partial charge in [0.05, 0.1) is 6.54 Å². The predicted molar refractivity (Wildman–Crippen MR) is 92.7 cm³/mol. The molecule has 0 unspecified atom stereocenters. The third kappa shape index (κ3) is 4.82. The Labute approximate surface area is 138 Å². The van der Waals surface area contributed by atoms with Crippen LogP contribution in [0.4, 0.5) is 0 Å². The van der Waals surface area contributed by atoms with Crippen molar-refractivity contribution in [2.24, 2.45) is 4.99 Å². The molecule has 1 aromatic heterocycles. The van der Waals surface area contributed by atoms with Crippen molar-refractivity contribution in [2.75, 3.05) is 14.1 Å². The standard InChI is InChI=1S/C15H19BrN4S/c1-11-8-18-14(21-11)9-19-15(17-2)20(3)10-12-4-6-13(16)7-5-12/h4-8H,9-10H2,1-3H3,(H,17,19). The summed E-state index contributed by atoms with van der Waals surface area (Å²) >= 11 is 5.16. The Hall–Kier alpha value is -1.40. The summed E-state index contributed by atoms with van der Waals surface area (Å²) < 4.78 is 1.09. The normalized spacial score (nSPS) is 11.5. The molecule has 0 atom stereocenters. The summed E-state index contributed by atoms with van der Waals surface area (Å²) in [5, 5.41) is 4.42. The summed E-state index contributed by atoms with van der Waals surface area (Å²) in [6, 6.07) is 8.32. The Morgan fingerprint density at radius 3 is 2.67 bits per heavy atom. The molecule has 2 aromatic rings. The largest absolute Gasteiger partial charge is 0.350 e. The van der Waals surface area contributed by atoms with Crippen LogP contribution in [0.5, 0.6) is 0 Å². The van der Waals surface area contributed by atoms with Crippen molar-refractivity contribution >= 4 is 33.2 Å². The van der Waals surface area contributed by atoms with Crippen molar-refractivity contribution in [1.82, 2.24) is 15.2 Å². The fourth-order valence-electron chi connectivity index (χ4n) is 1.96. The zero-order chi connectivity index (χ0) is 15.2. The number of thiazole rings is 1. The van der Waals surface area contributed by atoms with Crippen LogP contribution >= 0.6 is 27.3 Å². The molecule has 0 radical (unpaired) electrons. The number of hydrogen-bond acceptors (Lipinski definition) is 3. The van der Waals surface area contributed by atoms with Crippen LogP contribution in [0.1, 0.15) is 15.4 Å². The van der Waals surface area contributed by atoms with E-state index in [9.17, 15) is 0 Å². The maximum absolute atomic E-state index is 4.35. The molecule has 1 heterocycles. The first-order valence-corrected chi connectivity index (χ1v) is 8.27. The summed E-state index contributed by atoms with van der Waals surface area (Å²) in [6.07, 6.45) is 1.90. The number of hydrogen-bond donors (Lipinski definition) is 1. The molecule has 0 aliphatic rings. The summed E-state index contributed by atoms with van der Waals surface area (Å²) in [5.41, 5.74) is 1.24. The summed E-state index contributed by atoms with van der Waals surface area (Å²) in [4.78, 5) is 12.0. The first-order valence-electron chi connectivity index (χ1n) is 6.66. The van der Waals surface area contributed by atoms with Crippen molar-refractivity contribution in [1.29, 1.82) is 0 Å². The van der Waals surface area contributed by atoms with Crippen molar-refractivity contribution in [2.45, 2.75) is 20.0 Å². The van der Waals surface area contributed by atoms with Gasteiger partial charge in [-0.25, -0.2) is 4.98 Å². The third-order valence-electron chi connectivity index (χ3n) is 2.97. The number of rotatable bonds is 4. The van der Waals surface area contributed by atoms with Crippen LogP contribution in [0, 0.1) is 6.92 Å². The second-order valence-corrected chi connectivity index (χ2v) is 6.98. The Balaban J connectivity index is 1.92. The van der Waals surface area contributed by atoms with Gasteiger partial charge >= 0.3 is 0 Å². The van der Waals surface area contributed by atoms with Crippen LogP contribution in [-0.4, -0.2) is 29.9 Å². The lowest BCUT2D eigenvalue weighted by atomic mass is 10.2. The molecular weight excluding hydrogens is 348 g/mol. The molecule has 0 amide bonds. The van der Waals surface area contributed by atoms with Gasteiger partial charge in [0.1, 0.15) is 5.01 Å². The highest BCUT2D eigenvalue weighted by Crippen LogP contribution is 2.13. The molecule has 0 spiro atoms. The van der Waals surface area contributed by atoms with Gasteiger partial charge < -0.3 is 10.2 Å². The molecule has 4 nitrogen and oxygen atoms in total. The van der Waals surface area contributed by atoms with Crippen molar-refractivity contribution in [3.8, 4) is 0 Å². The van der Waals surface area contributed by atoms with E-state index in [-0.39, 0.29) is 0 Å². The molecule has 1 aromatic carbocycles. The smallest absolute Gasteiger partial charge is 0.194 e.